The number of amides is 1. The first-order chi connectivity index (χ1) is 3.50. The number of hydrogen-bond acceptors (Lipinski definition) is 2. The largest absolute Gasteiger partial charge is 0.394 e. The van der Waals surface area contributed by atoms with E-state index < -0.39 is 17.4 Å². The molecule has 0 saturated carbocycles. The van der Waals surface area contributed by atoms with Crippen molar-refractivity contribution in [3.05, 3.63) is 0 Å². The van der Waals surface area contributed by atoms with Crippen LogP contribution in [0.2, 0.25) is 0 Å². The molecule has 8 heavy (non-hydrogen) atoms. The van der Waals surface area contributed by atoms with Gasteiger partial charge in [-0.3, -0.25) is 4.79 Å². The molecule has 0 saturated heterocycles. The first-order valence-electron chi connectivity index (χ1n) is 2.10. The molecule has 1 atom stereocenters. The highest BCUT2D eigenvalue weighted by molar-refractivity contribution is 6.34. The van der Waals surface area contributed by atoms with E-state index in [1.54, 1.807) is 0 Å². The molecule has 0 aromatic carbocycles. The number of carbonyl (C=O) groups excluding carboxylic acids is 1. The lowest BCUT2D eigenvalue weighted by Gasteiger charge is -2.12. The summed E-state index contributed by atoms with van der Waals surface area (Å²) in [5.41, 5.74) is 4.75. The summed E-state index contributed by atoms with van der Waals surface area (Å²) < 4.78 is 0. The molecule has 0 spiro atoms. The SMILES string of the molecule is CC(Cl)(CO)C(N)=O. The summed E-state index contributed by atoms with van der Waals surface area (Å²) in [6.07, 6.45) is 0. The molecule has 1 unspecified atom stereocenters. The maximum atomic E-state index is 10.2. The molecule has 0 aliphatic rings. The van der Waals surface area contributed by atoms with Crippen molar-refractivity contribution in [2.75, 3.05) is 6.61 Å². The minimum Gasteiger partial charge on any atom is -0.394 e. The number of alkyl halides is 1. The Morgan fingerprint density at radius 1 is 2.00 bits per heavy atom. The zero-order valence-corrected chi connectivity index (χ0v) is 5.27. The van der Waals surface area contributed by atoms with Gasteiger partial charge in [-0.1, -0.05) is 0 Å². The normalized spacial score (nSPS) is 17.4. The number of hydrogen-bond donors (Lipinski definition) is 2. The molecular weight excluding hydrogens is 130 g/mol. The van der Waals surface area contributed by atoms with Crippen molar-refractivity contribution in [2.24, 2.45) is 5.73 Å². The molecule has 0 fully saturated rings. The van der Waals surface area contributed by atoms with Crippen molar-refractivity contribution in [2.45, 2.75) is 11.8 Å². The second-order valence-electron chi connectivity index (χ2n) is 1.72. The van der Waals surface area contributed by atoms with Crippen molar-refractivity contribution in [1.82, 2.24) is 0 Å². The van der Waals surface area contributed by atoms with Gasteiger partial charge in [0, 0.05) is 0 Å². The number of aliphatic hydroxyl groups is 1. The van der Waals surface area contributed by atoms with Gasteiger partial charge in [0.05, 0.1) is 6.61 Å². The second-order valence-corrected chi connectivity index (χ2v) is 2.55. The maximum absolute atomic E-state index is 10.2. The van der Waals surface area contributed by atoms with E-state index in [0.29, 0.717) is 0 Å². The molecule has 0 radical (unpaired) electrons. The van der Waals surface area contributed by atoms with Crippen molar-refractivity contribution in [1.29, 1.82) is 0 Å². The first kappa shape index (κ1) is 7.72. The Hall–Kier alpha value is -0.280. The van der Waals surface area contributed by atoms with Crippen molar-refractivity contribution in [3.8, 4) is 0 Å². The molecule has 0 aliphatic heterocycles. The highest BCUT2D eigenvalue weighted by Crippen LogP contribution is 2.10. The molecule has 0 rings (SSSR count). The molecule has 4 heteroatoms. The van der Waals surface area contributed by atoms with Crippen LogP contribution in [0.3, 0.4) is 0 Å². The van der Waals surface area contributed by atoms with Gasteiger partial charge in [0.15, 0.2) is 0 Å². The van der Waals surface area contributed by atoms with Crippen LogP contribution in [-0.4, -0.2) is 22.5 Å². The average Bonchev–Trinajstić information content (AvgIpc) is 1.67. The van der Waals surface area contributed by atoms with E-state index in [1.165, 1.54) is 6.92 Å². The highest BCUT2D eigenvalue weighted by atomic mass is 35.5. The third-order valence-electron chi connectivity index (χ3n) is 0.811. The number of carbonyl (C=O) groups is 1. The fourth-order valence-electron chi connectivity index (χ4n) is 0.0779. The van der Waals surface area contributed by atoms with E-state index in [1.807, 2.05) is 0 Å². The van der Waals surface area contributed by atoms with Gasteiger partial charge in [-0.15, -0.1) is 11.6 Å². The standard InChI is InChI=1S/C4H8ClNO2/c1-4(5,2-7)3(6)8/h7H,2H2,1H3,(H2,6,8). The predicted octanol–water partition coefficient (Wildman–Crippen LogP) is -0.539. The number of rotatable bonds is 2. The Kier molecular flexibility index (Phi) is 2.25. The van der Waals surface area contributed by atoms with Crippen molar-refractivity contribution >= 4 is 17.5 Å². The Morgan fingerprint density at radius 2 is 2.38 bits per heavy atom. The highest BCUT2D eigenvalue weighted by Gasteiger charge is 2.26. The molecule has 1 amide bonds. The quantitative estimate of drug-likeness (QED) is 0.503. The molecule has 0 heterocycles. The Labute approximate surface area is 52.4 Å². The van der Waals surface area contributed by atoms with Crippen molar-refractivity contribution < 1.29 is 9.90 Å². The van der Waals surface area contributed by atoms with Crippen LogP contribution >= 0.6 is 11.6 Å². The minimum absolute atomic E-state index is 0.427. The van der Waals surface area contributed by atoms with E-state index in [9.17, 15) is 4.79 Å². The number of nitrogens with two attached hydrogens (primary N) is 1. The number of halogens is 1. The summed E-state index contributed by atoms with van der Waals surface area (Å²) in [5, 5.41) is 8.33. The van der Waals surface area contributed by atoms with E-state index in [4.69, 9.17) is 22.4 Å². The second kappa shape index (κ2) is 2.33. The van der Waals surface area contributed by atoms with Crippen LogP contribution in [0.1, 0.15) is 6.92 Å². The number of primary amides is 1. The molecule has 0 bridgehead atoms. The molecule has 0 aromatic heterocycles. The first-order valence-corrected chi connectivity index (χ1v) is 2.48. The summed E-state index contributed by atoms with van der Waals surface area (Å²) in [6.45, 7) is 0.931. The average molecular weight is 138 g/mol. The van der Waals surface area contributed by atoms with Gasteiger partial charge in [-0.2, -0.15) is 0 Å². The Bertz CT molecular complexity index is 102. The summed E-state index contributed by atoms with van der Waals surface area (Å²) >= 11 is 5.33. The van der Waals surface area contributed by atoms with E-state index >= 15 is 0 Å². The van der Waals surface area contributed by atoms with Crippen LogP contribution in [0.4, 0.5) is 0 Å². The topological polar surface area (TPSA) is 63.3 Å². The van der Waals surface area contributed by atoms with Gasteiger partial charge < -0.3 is 10.8 Å². The fraction of sp³-hybridized carbons (Fsp3) is 0.750. The summed E-state index contributed by atoms with van der Waals surface area (Å²) in [4.78, 5) is 8.89. The predicted molar refractivity (Wildman–Crippen MR) is 30.5 cm³/mol. The smallest absolute Gasteiger partial charge is 0.240 e. The molecule has 0 aliphatic carbocycles. The van der Waals surface area contributed by atoms with Gasteiger partial charge in [-0.05, 0) is 6.92 Å². The zero-order chi connectivity index (χ0) is 6.78. The van der Waals surface area contributed by atoms with Gasteiger partial charge in [0.25, 0.3) is 0 Å². The monoisotopic (exact) mass is 137 g/mol. The minimum atomic E-state index is -1.29. The van der Waals surface area contributed by atoms with Crippen LogP contribution in [0.5, 0.6) is 0 Å². The fourth-order valence-corrected chi connectivity index (χ4v) is 0.0779. The van der Waals surface area contributed by atoms with Gasteiger partial charge in [0.1, 0.15) is 4.87 Å². The lowest BCUT2D eigenvalue weighted by molar-refractivity contribution is -0.121. The third-order valence-corrected chi connectivity index (χ3v) is 1.12. The maximum Gasteiger partial charge on any atom is 0.240 e. The lowest BCUT2D eigenvalue weighted by Crippen LogP contribution is -2.38. The summed E-state index contributed by atoms with van der Waals surface area (Å²) in [5.74, 6) is -0.707. The van der Waals surface area contributed by atoms with Crippen LogP contribution in [0.15, 0.2) is 0 Å². The molecule has 3 nitrogen and oxygen atoms in total. The van der Waals surface area contributed by atoms with Crippen LogP contribution < -0.4 is 5.73 Å². The van der Waals surface area contributed by atoms with E-state index in [2.05, 4.69) is 0 Å². The van der Waals surface area contributed by atoms with Crippen LogP contribution in [-0.2, 0) is 4.79 Å². The van der Waals surface area contributed by atoms with Crippen LogP contribution in [0, 0.1) is 0 Å². The molecule has 0 aromatic rings. The van der Waals surface area contributed by atoms with Crippen LogP contribution in [0.25, 0.3) is 0 Å². The molecule has 48 valence electrons. The zero-order valence-electron chi connectivity index (χ0n) is 4.52. The molecule has 3 N–H and O–H groups in total. The summed E-state index contributed by atoms with van der Waals surface area (Å²) in [7, 11) is 0. The molecular formula is C4H8ClNO2. The van der Waals surface area contributed by atoms with Gasteiger partial charge >= 0.3 is 0 Å². The number of aliphatic hydroxyl groups excluding tert-OH is 1. The van der Waals surface area contributed by atoms with E-state index in [0.717, 1.165) is 0 Å². The third kappa shape index (κ3) is 1.68. The van der Waals surface area contributed by atoms with Gasteiger partial charge in [-0.25, -0.2) is 0 Å². The summed E-state index contributed by atoms with van der Waals surface area (Å²) in [6, 6.07) is 0. The Morgan fingerprint density at radius 3 is 2.38 bits per heavy atom. The van der Waals surface area contributed by atoms with E-state index in [-0.39, 0.29) is 0 Å². The lowest BCUT2D eigenvalue weighted by atomic mass is 10.2. The Balaban J connectivity index is 3.91. The van der Waals surface area contributed by atoms with Gasteiger partial charge in [0.2, 0.25) is 5.91 Å². The van der Waals surface area contributed by atoms with Crippen molar-refractivity contribution in [3.63, 3.8) is 0 Å².